The van der Waals surface area contributed by atoms with E-state index in [1.54, 1.807) is 0 Å². The van der Waals surface area contributed by atoms with Crippen LogP contribution >= 0.6 is 0 Å². The van der Waals surface area contributed by atoms with E-state index in [2.05, 4.69) is 23.6 Å². The Labute approximate surface area is 119 Å². The molecule has 2 fully saturated rings. The zero-order chi connectivity index (χ0) is 14.6. The highest BCUT2D eigenvalue weighted by atomic mass is 17.3. The lowest BCUT2D eigenvalue weighted by Gasteiger charge is -2.39. The van der Waals surface area contributed by atoms with Crippen LogP contribution < -0.4 is 0 Å². The molecule has 0 aromatic rings. The Kier molecular flexibility index (Phi) is 5.39. The van der Waals surface area contributed by atoms with Gasteiger partial charge < -0.3 is 0 Å². The fourth-order valence-electron chi connectivity index (χ4n) is 2.94. The summed E-state index contributed by atoms with van der Waals surface area (Å²) in [6.07, 6.45) is 5.82. The molecular weight excluding hydrogens is 264 g/mol. The van der Waals surface area contributed by atoms with Crippen LogP contribution in [0.3, 0.4) is 0 Å². The Balaban J connectivity index is 1.91. The van der Waals surface area contributed by atoms with Gasteiger partial charge in [0.1, 0.15) is 0 Å². The normalized spacial score (nSPS) is 42.6. The van der Waals surface area contributed by atoms with Crippen LogP contribution in [0.2, 0.25) is 0 Å². The van der Waals surface area contributed by atoms with Crippen LogP contribution in [0.15, 0.2) is 0 Å². The minimum absolute atomic E-state index is 0.558. The first-order valence-corrected chi connectivity index (χ1v) is 7.55. The van der Waals surface area contributed by atoms with E-state index < -0.39 is 11.6 Å². The first kappa shape index (κ1) is 16.1. The van der Waals surface area contributed by atoms with Crippen LogP contribution in [0.25, 0.3) is 0 Å². The lowest BCUT2D eigenvalue weighted by atomic mass is 9.86. The highest BCUT2D eigenvalue weighted by molar-refractivity contribution is 4.79. The molecule has 2 N–H and O–H groups in total. The fourth-order valence-corrected chi connectivity index (χ4v) is 2.94. The second-order valence-corrected chi connectivity index (χ2v) is 6.54. The van der Waals surface area contributed by atoms with Crippen LogP contribution in [0.1, 0.15) is 65.2 Å². The van der Waals surface area contributed by atoms with Crippen LogP contribution in [0.4, 0.5) is 0 Å². The molecule has 6 heteroatoms. The molecule has 0 aromatic heterocycles. The highest BCUT2D eigenvalue weighted by Gasteiger charge is 2.44. The second-order valence-electron chi connectivity index (χ2n) is 6.54. The molecule has 2 rings (SSSR count). The molecule has 2 aliphatic carbocycles. The van der Waals surface area contributed by atoms with Crippen molar-refractivity contribution in [2.24, 2.45) is 11.8 Å². The topological polar surface area (TPSA) is 77.4 Å². The van der Waals surface area contributed by atoms with Gasteiger partial charge in [-0.25, -0.2) is 20.3 Å². The molecule has 2 saturated carbocycles. The van der Waals surface area contributed by atoms with Crippen molar-refractivity contribution in [1.82, 2.24) is 0 Å². The van der Waals surface area contributed by atoms with Crippen LogP contribution in [0, 0.1) is 11.8 Å². The maximum atomic E-state index is 9.15. The van der Waals surface area contributed by atoms with Gasteiger partial charge >= 0.3 is 0 Å². The first-order valence-electron chi connectivity index (χ1n) is 7.55. The summed E-state index contributed by atoms with van der Waals surface area (Å²) in [7, 11) is 0. The van der Waals surface area contributed by atoms with Gasteiger partial charge in [-0.2, -0.15) is 9.78 Å². The Morgan fingerprint density at radius 2 is 1.00 bits per heavy atom. The minimum atomic E-state index is -1.14. The Morgan fingerprint density at radius 1 is 0.700 bits per heavy atom. The van der Waals surface area contributed by atoms with E-state index in [0.29, 0.717) is 37.5 Å². The molecule has 0 aliphatic heterocycles. The van der Waals surface area contributed by atoms with Crippen molar-refractivity contribution < 1.29 is 30.1 Å². The predicted molar refractivity (Wildman–Crippen MR) is 70.3 cm³/mol. The van der Waals surface area contributed by atoms with Crippen molar-refractivity contribution in [2.45, 2.75) is 76.8 Å². The van der Waals surface area contributed by atoms with Gasteiger partial charge in [0, 0.05) is 25.7 Å². The third-order valence-corrected chi connectivity index (χ3v) is 4.75. The molecule has 0 heterocycles. The second kappa shape index (κ2) is 6.68. The van der Waals surface area contributed by atoms with E-state index in [1.807, 2.05) is 0 Å². The van der Waals surface area contributed by atoms with Gasteiger partial charge in [-0.15, -0.1) is 0 Å². The third-order valence-electron chi connectivity index (χ3n) is 4.75. The van der Waals surface area contributed by atoms with Gasteiger partial charge in [-0.05, 0) is 37.5 Å². The molecule has 0 unspecified atom stereocenters. The van der Waals surface area contributed by atoms with E-state index >= 15 is 0 Å². The van der Waals surface area contributed by atoms with Crippen molar-refractivity contribution in [1.29, 1.82) is 0 Å². The monoisotopic (exact) mass is 290 g/mol. The zero-order valence-corrected chi connectivity index (χ0v) is 12.3. The molecule has 0 amide bonds. The zero-order valence-electron chi connectivity index (χ0n) is 12.3. The summed E-state index contributed by atoms with van der Waals surface area (Å²) in [5.41, 5.74) is 0. The maximum absolute atomic E-state index is 9.15. The summed E-state index contributed by atoms with van der Waals surface area (Å²) in [4.78, 5) is 19.8. The van der Waals surface area contributed by atoms with Gasteiger partial charge in [0.05, 0.1) is 0 Å². The number of hydrogen-bond donors (Lipinski definition) is 2. The molecule has 0 radical (unpaired) electrons. The molecule has 20 heavy (non-hydrogen) atoms. The van der Waals surface area contributed by atoms with Gasteiger partial charge in [-0.1, -0.05) is 13.8 Å². The summed E-state index contributed by atoms with van der Waals surface area (Å²) >= 11 is 0. The lowest BCUT2D eigenvalue weighted by Crippen LogP contribution is -2.45. The molecule has 0 bridgehead atoms. The Hall–Kier alpha value is -0.240. The smallest absolute Gasteiger partial charge is 0.233 e. The summed E-state index contributed by atoms with van der Waals surface area (Å²) in [5, 5.41) is 18.3. The van der Waals surface area contributed by atoms with E-state index in [-0.39, 0.29) is 0 Å². The van der Waals surface area contributed by atoms with Crippen LogP contribution in [-0.2, 0) is 19.6 Å². The number of rotatable bonds is 5. The molecule has 0 spiro atoms. The SMILES string of the molecule is CC1CCC(OO)(OOC2(OO)CCC(C)CC2)CC1. The molecule has 118 valence electrons. The predicted octanol–water partition coefficient (Wildman–Crippen LogP) is 3.73. The summed E-state index contributed by atoms with van der Waals surface area (Å²) < 4.78 is 0. The van der Waals surface area contributed by atoms with Gasteiger partial charge in [0.25, 0.3) is 0 Å². The first-order chi connectivity index (χ1) is 9.53. The third kappa shape index (κ3) is 3.69. The average Bonchev–Trinajstić information content (AvgIpc) is 2.49. The average molecular weight is 290 g/mol. The van der Waals surface area contributed by atoms with E-state index in [9.17, 15) is 0 Å². The van der Waals surface area contributed by atoms with Gasteiger partial charge in [0.15, 0.2) is 0 Å². The molecule has 0 atom stereocenters. The Morgan fingerprint density at radius 3 is 1.25 bits per heavy atom. The fraction of sp³-hybridized carbons (Fsp3) is 1.00. The Bertz CT molecular complexity index is 262. The number of hydrogen-bond acceptors (Lipinski definition) is 6. The minimum Gasteiger partial charge on any atom is -0.249 e. The molecule has 6 nitrogen and oxygen atoms in total. The quantitative estimate of drug-likeness (QED) is 0.456. The van der Waals surface area contributed by atoms with Crippen LogP contribution in [-0.4, -0.2) is 22.1 Å². The van der Waals surface area contributed by atoms with Crippen molar-refractivity contribution in [3.8, 4) is 0 Å². The van der Waals surface area contributed by atoms with Gasteiger partial charge in [0.2, 0.25) is 11.6 Å². The van der Waals surface area contributed by atoms with Crippen molar-refractivity contribution in [2.75, 3.05) is 0 Å². The molecule has 0 saturated heterocycles. The lowest BCUT2D eigenvalue weighted by molar-refractivity contribution is -0.578. The van der Waals surface area contributed by atoms with E-state index in [0.717, 1.165) is 25.7 Å². The van der Waals surface area contributed by atoms with Crippen molar-refractivity contribution in [3.63, 3.8) is 0 Å². The van der Waals surface area contributed by atoms with Gasteiger partial charge in [-0.3, -0.25) is 0 Å². The highest BCUT2D eigenvalue weighted by Crippen LogP contribution is 2.40. The van der Waals surface area contributed by atoms with E-state index in [4.69, 9.17) is 20.3 Å². The maximum Gasteiger partial charge on any atom is 0.233 e. The summed E-state index contributed by atoms with van der Waals surface area (Å²) in [6, 6.07) is 0. The van der Waals surface area contributed by atoms with Crippen molar-refractivity contribution in [3.05, 3.63) is 0 Å². The van der Waals surface area contributed by atoms with Crippen LogP contribution in [0.5, 0.6) is 0 Å². The van der Waals surface area contributed by atoms with E-state index in [1.165, 1.54) is 0 Å². The van der Waals surface area contributed by atoms with Crippen molar-refractivity contribution >= 4 is 0 Å². The summed E-state index contributed by atoms with van der Waals surface area (Å²) in [5.74, 6) is -1.11. The summed E-state index contributed by atoms with van der Waals surface area (Å²) in [6.45, 7) is 4.31. The largest absolute Gasteiger partial charge is 0.249 e. The standard InChI is InChI=1S/C14H26O6/c1-11-3-7-13(17-15,8-4-11)19-20-14(18-16)9-5-12(2)6-10-14/h11-12,15-16H,3-10H2,1-2H3. The molecular formula is C14H26O6. The molecule has 2 aliphatic rings. The molecule has 0 aromatic carbocycles.